The highest BCUT2D eigenvalue weighted by Gasteiger charge is 2.10. The van der Waals surface area contributed by atoms with Gasteiger partial charge in [-0.3, -0.25) is 4.79 Å². The Kier molecular flexibility index (Phi) is 7.50. The summed E-state index contributed by atoms with van der Waals surface area (Å²) < 4.78 is 5.22. The summed E-state index contributed by atoms with van der Waals surface area (Å²) >= 11 is 0. The normalized spacial score (nSPS) is 11.8. The lowest BCUT2D eigenvalue weighted by Crippen LogP contribution is -2.42. The van der Waals surface area contributed by atoms with Crippen LogP contribution in [0.4, 0.5) is 5.69 Å². The number of para-hydroxylation sites is 2. The fraction of sp³-hybridized carbons (Fsp3) is 0.533. The Hall–Kier alpha value is -1.75. The number of unbranched alkanes of at least 4 members (excludes halogenated alkanes) is 1. The van der Waals surface area contributed by atoms with Gasteiger partial charge in [0.15, 0.2) is 0 Å². The average molecular weight is 279 g/mol. The lowest BCUT2D eigenvalue weighted by molar-refractivity contribution is -0.120. The second-order valence-corrected chi connectivity index (χ2v) is 4.70. The van der Waals surface area contributed by atoms with Gasteiger partial charge in [-0.05, 0) is 18.6 Å². The smallest absolute Gasteiger partial charge is 0.239 e. The van der Waals surface area contributed by atoms with Gasteiger partial charge in [0.1, 0.15) is 5.75 Å². The van der Waals surface area contributed by atoms with Crippen LogP contribution in [0.1, 0.15) is 26.2 Å². The molecule has 0 aliphatic carbocycles. The number of rotatable bonds is 9. The third-order valence-electron chi connectivity index (χ3n) is 3.10. The molecule has 1 aromatic rings. The number of benzene rings is 1. The van der Waals surface area contributed by atoms with Gasteiger partial charge in [0.05, 0.1) is 19.3 Å². The summed E-state index contributed by atoms with van der Waals surface area (Å²) in [7, 11) is 1.61. The van der Waals surface area contributed by atoms with Crippen molar-refractivity contribution in [1.29, 1.82) is 0 Å². The molecule has 0 heterocycles. The van der Waals surface area contributed by atoms with Crippen molar-refractivity contribution in [2.45, 2.75) is 32.2 Å². The van der Waals surface area contributed by atoms with E-state index in [9.17, 15) is 4.79 Å². The molecule has 0 aliphatic rings. The lowest BCUT2D eigenvalue weighted by atomic mass is 10.1. The molecule has 0 bridgehead atoms. The number of anilines is 1. The molecule has 5 heteroatoms. The van der Waals surface area contributed by atoms with Crippen molar-refractivity contribution in [2.24, 2.45) is 5.73 Å². The van der Waals surface area contributed by atoms with Crippen molar-refractivity contribution >= 4 is 11.6 Å². The summed E-state index contributed by atoms with van der Waals surface area (Å²) in [6.07, 6.45) is 3.10. The van der Waals surface area contributed by atoms with E-state index in [0.717, 1.165) is 30.7 Å². The number of nitrogens with one attached hydrogen (secondary N) is 2. The van der Waals surface area contributed by atoms with E-state index in [1.54, 1.807) is 7.11 Å². The Morgan fingerprint density at radius 2 is 2.15 bits per heavy atom. The summed E-state index contributed by atoms with van der Waals surface area (Å²) in [5, 5.41) is 6.01. The maximum atomic E-state index is 11.9. The van der Waals surface area contributed by atoms with Crippen LogP contribution in [0, 0.1) is 0 Å². The van der Waals surface area contributed by atoms with Crippen molar-refractivity contribution in [2.75, 3.05) is 25.5 Å². The highest BCUT2D eigenvalue weighted by Crippen LogP contribution is 2.22. The van der Waals surface area contributed by atoms with Gasteiger partial charge in [-0.1, -0.05) is 31.9 Å². The molecule has 20 heavy (non-hydrogen) atoms. The van der Waals surface area contributed by atoms with Gasteiger partial charge in [-0.2, -0.15) is 0 Å². The Bertz CT molecular complexity index is 410. The summed E-state index contributed by atoms with van der Waals surface area (Å²) in [4.78, 5) is 11.9. The molecule has 112 valence electrons. The number of methoxy groups -OCH3 is 1. The van der Waals surface area contributed by atoms with E-state index in [0.29, 0.717) is 6.54 Å². The molecule has 1 amide bonds. The SMILES string of the molecule is CCCCC(CN)NC(=O)CNc1ccccc1OC. The van der Waals surface area contributed by atoms with Crippen molar-refractivity contribution in [3.8, 4) is 5.75 Å². The molecule has 1 rings (SSSR count). The van der Waals surface area contributed by atoms with Gasteiger partial charge in [0, 0.05) is 12.6 Å². The van der Waals surface area contributed by atoms with Crippen LogP contribution in [0.2, 0.25) is 0 Å². The Morgan fingerprint density at radius 3 is 2.80 bits per heavy atom. The first-order valence-electron chi connectivity index (χ1n) is 7.07. The van der Waals surface area contributed by atoms with Gasteiger partial charge >= 0.3 is 0 Å². The molecule has 1 atom stereocenters. The molecule has 0 fully saturated rings. The van der Waals surface area contributed by atoms with Crippen LogP contribution in [0.15, 0.2) is 24.3 Å². The fourth-order valence-electron chi connectivity index (χ4n) is 1.94. The van der Waals surface area contributed by atoms with Crippen LogP contribution in [-0.4, -0.2) is 32.1 Å². The monoisotopic (exact) mass is 279 g/mol. The maximum Gasteiger partial charge on any atom is 0.239 e. The summed E-state index contributed by atoms with van der Waals surface area (Å²) in [5.74, 6) is 0.670. The van der Waals surface area contributed by atoms with Crippen LogP contribution < -0.4 is 21.1 Å². The third kappa shape index (κ3) is 5.48. The molecule has 0 spiro atoms. The largest absolute Gasteiger partial charge is 0.495 e. The van der Waals surface area contributed by atoms with Gasteiger partial charge in [-0.15, -0.1) is 0 Å². The minimum absolute atomic E-state index is 0.0533. The fourth-order valence-corrected chi connectivity index (χ4v) is 1.94. The number of carbonyl (C=O) groups excluding carboxylic acids is 1. The zero-order chi connectivity index (χ0) is 14.8. The molecule has 0 aliphatic heterocycles. The van der Waals surface area contributed by atoms with Gasteiger partial charge in [0.2, 0.25) is 5.91 Å². The minimum atomic E-state index is -0.0533. The van der Waals surface area contributed by atoms with E-state index in [-0.39, 0.29) is 18.5 Å². The molecule has 0 saturated carbocycles. The van der Waals surface area contributed by atoms with Crippen LogP contribution in [0.3, 0.4) is 0 Å². The van der Waals surface area contributed by atoms with E-state index >= 15 is 0 Å². The molecule has 4 N–H and O–H groups in total. The predicted molar refractivity (Wildman–Crippen MR) is 82.0 cm³/mol. The van der Waals surface area contributed by atoms with Gasteiger partial charge in [-0.25, -0.2) is 0 Å². The molecule has 5 nitrogen and oxygen atoms in total. The van der Waals surface area contributed by atoms with Crippen molar-refractivity contribution in [3.05, 3.63) is 24.3 Å². The summed E-state index contributed by atoms with van der Waals surface area (Å²) in [6.45, 7) is 2.81. The van der Waals surface area contributed by atoms with Crippen molar-refractivity contribution in [1.82, 2.24) is 5.32 Å². The summed E-state index contributed by atoms with van der Waals surface area (Å²) in [6, 6.07) is 7.57. The van der Waals surface area contributed by atoms with E-state index in [4.69, 9.17) is 10.5 Å². The highest BCUT2D eigenvalue weighted by molar-refractivity contribution is 5.81. The Morgan fingerprint density at radius 1 is 1.40 bits per heavy atom. The average Bonchev–Trinajstić information content (AvgIpc) is 2.49. The predicted octanol–water partition coefficient (Wildman–Crippen LogP) is 1.74. The number of hydrogen-bond donors (Lipinski definition) is 3. The second kappa shape index (κ2) is 9.20. The molecular formula is C15H25N3O2. The number of hydrogen-bond acceptors (Lipinski definition) is 4. The second-order valence-electron chi connectivity index (χ2n) is 4.70. The molecule has 0 aromatic heterocycles. The van der Waals surface area contributed by atoms with Gasteiger partial charge < -0.3 is 21.1 Å². The summed E-state index contributed by atoms with van der Waals surface area (Å²) in [5.41, 5.74) is 6.47. The first-order valence-corrected chi connectivity index (χ1v) is 7.07. The van der Waals surface area contributed by atoms with E-state index in [1.165, 1.54) is 0 Å². The molecule has 0 saturated heterocycles. The molecule has 0 radical (unpaired) electrons. The third-order valence-corrected chi connectivity index (χ3v) is 3.10. The maximum absolute atomic E-state index is 11.9. The van der Waals surface area contributed by atoms with Crippen LogP contribution >= 0.6 is 0 Å². The number of ether oxygens (including phenoxy) is 1. The molecule has 1 aromatic carbocycles. The first kappa shape index (κ1) is 16.3. The van der Waals surface area contributed by atoms with Crippen LogP contribution in [0.5, 0.6) is 5.75 Å². The Labute approximate surface area is 120 Å². The number of nitrogens with two attached hydrogens (primary N) is 1. The number of carbonyl (C=O) groups is 1. The zero-order valence-electron chi connectivity index (χ0n) is 12.3. The zero-order valence-corrected chi connectivity index (χ0v) is 12.3. The number of amides is 1. The van der Waals surface area contributed by atoms with Crippen LogP contribution in [-0.2, 0) is 4.79 Å². The van der Waals surface area contributed by atoms with E-state index in [2.05, 4.69) is 17.6 Å². The molecular weight excluding hydrogens is 254 g/mol. The molecule has 1 unspecified atom stereocenters. The van der Waals surface area contributed by atoms with E-state index < -0.39 is 0 Å². The van der Waals surface area contributed by atoms with Crippen LogP contribution in [0.25, 0.3) is 0 Å². The quantitative estimate of drug-likeness (QED) is 0.643. The van der Waals surface area contributed by atoms with Crippen molar-refractivity contribution in [3.63, 3.8) is 0 Å². The lowest BCUT2D eigenvalue weighted by Gasteiger charge is -2.17. The topological polar surface area (TPSA) is 76.4 Å². The van der Waals surface area contributed by atoms with E-state index in [1.807, 2.05) is 24.3 Å². The highest BCUT2D eigenvalue weighted by atomic mass is 16.5. The first-order chi connectivity index (χ1) is 9.71. The van der Waals surface area contributed by atoms with Crippen molar-refractivity contribution < 1.29 is 9.53 Å². The minimum Gasteiger partial charge on any atom is -0.495 e. The van der Waals surface area contributed by atoms with Gasteiger partial charge in [0.25, 0.3) is 0 Å². The standard InChI is InChI=1S/C15H25N3O2/c1-3-4-7-12(10-16)18-15(19)11-17-13-8-5-6-9-14(13)20-2/h5-6,8-9,12,17H,3-4,7,10-11,16H2,1-2H3,(H,18,19). The Balaban J connectivity index is 2.42.